The van der Waals surface area contributed by atoms with Gasteiger partial charge >= 0.3 is 0 Å². The first kappa shape index (κ1) is 10.0. The highest BCUT2D eigenvalue weighted by atomic mass is 16.2. The number of anilines is 1. The molecule has 15 heavy (non-hydrogen) atoms. The van der Waals surface area contributed by atoms with Gasteiger partial charge in [-0.25, -0.2) is 0 Å². The molecular weight excluding hydrogens is 188 g/mol. The average Bonchev–Trinajstić information content (AvgIpc) is 2.26. The molecule has 1 heterocycles. The lowest BCUT2D eigenvalue weighted by Crippen LogP contribution is -2.44. The van der Waals surface area contributed by atoms with Crippen molar-refractivity contribution in [3.63, 3.8) is 0 Å². The summed E-state index contributed by atoms with van der Waals surface area (Å²) < 4.78 is 0. The normalized spacial score (nSPS) is 19.0. The molecule has 2 rings (SSSR count). The highest BCUT2D eigenvalue weighted by Crippen LogP contribution is 2.20. The summed E-state index contributed by atoms with van der Waals surface area (Å²) in [6.07, 6.45) is 3.35. The maximum atomic E-state index is 11.7. The number of carbonyl (C=O) groups excluding carboxylic acids is 1. The van der Waals surface area contributed by atoms with E-state index in [0.717, 1.165) is 30.5 Å². The van der Waals surface area contributed by atoms with Crippen molar-refractivity contribution < 1.29 is 4.79 Å². The molecule has 0 saturated carbocycles. The SMILES string of the molecule is CCCCC1NC(=O)c2ccccc2N1. The Morgan fingerprint density at radius 2 is 2.07 bits per heavy atom. The first-order chi connectivity index (χ1) is 7.31. The van der Waals surface area contributed by atoms with E-state index in [-0.39, 0.29) is 12.1 Å². The van der Waals surface area contributed by atoms with Crippen LogP contribution in [0, 0.1) is 0 Å². The van der Waals surface area contributed by atoms with Crippen LogP contribution in [0.4, 0.5) is 5.69 Å². The average molecular weight is 204 g/mol. The molecule has 80 valence electrons. The van der Waals surface area contributed by atoms with Crippen LogP contribution in [-0.4, -0.2) is 12.1 Å². The van der Waals surface area contributed by atoms with Gasteiger partial charge in [-0.15, -0.1) is 0 Å². The van der Waals surface area contributed by atoms with Crippen molar-refractivity contribution in [3.8, 4) is 0 Å². The van der Waals surface area contributed by atoms with E-state index in [1.807, 2.05) is 24.3 Å². The highest BCUT2D eigenvalue weighted by Gasteiger charge is 2.21. The Labute approximate surface area is 89.9 Å². The highest BCUT2D eigenvalue weighted by molar-refractivity contribution is 6.01. The van der Waals surface area contributed by atoms with Gasteiger partial charge in [-0.1, -0.05) is 25.5 Å². The molecule has 0 aromatic heterocycles. The number of nitrogens with one attached hydrogen (secondary N) is 2. The maximum absolute atomic E-state index is 11.7. The Kier molecular flexibility index (Phi) is 2.90. The van der Waals surface area contributed by atoms with Crippen molar-refractivity contribution in [2.75, 3.05) is 5.32 Å². The molecule has 0 aliphatic carbocycles. The van der Waals surface area contributed by atoms with Gasteiger partial charge in [0.15, 0.2) is 0 Å². The quantitative estimate of drug-likeness (QED) is 0.793. The number of carbonyl (C=O) groups is 1. The van der Waals surface area contributed by atoms with Crippen LogP contribution in [0.3, 0.4) is 0 Å². The Bertz CT molecular complexity index is 362. The number of hydrogen-bond acceptors (Lipinski definition) is 2. The van der Waals surface area contributed by atoms with Crippen LogP contribution in [0.15, 0.2) is 24.3 Å². The summed E-state index contributed by atoms with van der Waals surface area (Å²) in [5.74, 6) is 0.0328. The van der Waals surface area contributed by atoms with Gasteiger partial charge in [0.05, 0.1) is 11.7 Å². The molecule has 0 fully saturated rings. The molecule has 3 heteroatoms. The zero-order valence-corrected chi connectivity index (χ0v) is 8.92. The molecule has 0 bridgehead atoms. The van der Waals surface area contributed by atoms with Crippen LogP contribution in [-0.2, 0) is 0 Å². The molecule has 3 nitrogen and oxygen atoms in total. The number of benzene rings is 1. The van der Waals surface area contributed by atoms with E-state index < -0.39 is 0 Å². The Balaban J connectivity index is 2.12. The number of rotatable bonds is 3. The van der Waals surface area contributed by atoms with Gasteiger partial charge in [-0.2, -0.15) is 0 Å². The van der Waals surface area contributed by atoms with Crippen LogP contribution in [0.2, 0.25) is 0 Å². The van der Waals surface area contributed by atoms with Gasteiger partial charge < -0.3 is 10.6 Å². The lowest BCUT2D eigenvalue weighted by Gasteiger charge is -2.27. The second kappa shape index (κ2) is 4.34. The van der Waals surface area contributed by atoms with Gasteiger partial charge in [0, 0.05) is 5.69 Å². The van der Waals surface area contributed by atoms with Crippen molar-refractivity contribution in [2.45, 2.75) is 32.4 Å². The van der Waals surface area contributed by atoms with E-state index in [0.29, 0.717) is 0 Å². The number of fused-ring (bicyclic) bond motifs is 1. The maximum Gasteiger partial charge on any atom is 0.254 e. The van der Waals surface area contributed by atoms with Crippen LogP contribution < -0.4 is 10.6 Å². The zero-order valence-electron chi connectivity index (χ0n) is 8.92. The van der Waals surface area contributed by atoms with E-state index in [4.69, 9.17) is 0 Å². The van der Waals surface area contributed by atoms with E-state index in [1.54, 1.807) is 0 Å². The molecule has 1 amide bonds. The van der Waals surface area contributed by atoms with Gasteiger partial charge in [-0.05, 0) is 25.0 Å². The van der Waals surface area contributed by atoms with E-state index in [2.05, 4.69) is 17.6 Å². The second-order valence-corrected chi connectivity index (χ2v) is 3.86. The topological polar surface area (TPSA) is 41.1 Å². The van der Waals surface area contributed by atoms with Crippen LogP contribution in [0.25, 0.3) is 0 Å². The van der Waals surface area contributed by atoms with Crippen LogP contribution in [0.5, 0.6) is 0 Å². The van der Waals surface area contributed by atoms with Crippen molar-refractivity contribution >= 4 is 11.6 Å². The molecule has 1 aromatic carbocycles. The first-order valence-corrected chi connectivity index (χ1v) is 5.47. The zero-order chi connectivity index (χ0) is 10.7. The fourth-order valence-corrected chi connectivity index (χ4v) is 1.82. The lowest BCUT2D eigenvalue weighted by atomic mass is 10.1. The summed E-state index contributed by atoms with van der Waals surface area (Å²) in [5.41, 5.74) is 1.69. The van der Waals surface area contributed by atoms with Crippen molar-refractivity contribution in [1.29, 1.82) is 0 Å². The minimum absolute atomic E-state index is 0.0328. The molecular formula is C12H16N2O. The molecule has 0 saturated heterocycles. The molecule has 2 N–H and O–H groups in total. The number of unbranched alkanes of at least 4 members (excludes halogenated alkanes) is 1. The van der Waals surface area contributed by atoms with Crippen LogP contribution >= 0.6 is 0 Å². The minimum Gasteiger partial charge on any atom is -0.365 e. The predicted molar refractivity (Wildman–Crippen MR) is 60.8 cm³/mol. The number of amides is 1. The summed E-state index contributed by atoms with van der Waals surface area (Å²) in [5, 5.41) is 6.29. The first-order valence-electron chi connectivity index (χ1n) is 5.47. The molecule has 1 atom stereocenters. The van der Waals surface area contributed by atoms with Crippen molar-refractivity contribution in [3.05, 3.63) is 29.8 Å². The lowest BCUT2D eigenvalue weighted by molar-refractivity contribution is 0.0933. The molecule has 0 spiro atoms. The van der Waals surface area contributed by atoms with Gasteiger partial charge in [0.1, 0.15) is 0 Å². The fraction of sp³-hybridized carbons (Fsp3) is 0.417. The summed E-state index contributed by atoms with van der Waals surface area (Å²) in [6, 6.07) is 7.62. The van der Waals surface area contributed by atoms with Crippen molar-refractivity contribution in [1.82, 2.24) is 5.32 Å². The minimum atomic E-state index is 0.0328. The Morgan fingerprint density at radius 1 is 1.27 bits per heavy atom. The Morgan fingerprint density at radius 3 is 2.87 bits per heavy atom. The fourth-order valence-electron chi connectivity index (χ4n) is 1.82. The summed E-state index contributed by atoms with van der Waals surface area (Å²) in [4.78, 5) is 11.7. The predicted octanol–water partition coefficient (Wildman–Crippen LogP) is 2.36. The van der Waals surface area contributed by atoms with E-state index >= 15 is 0 Å². The smallest absolute Gasteiger partial charge is 0.254 e. The van der Waals surface area contributed by atoms with Crippen molar-refractivity contribution in [2.24, 2.45) is 0 Å². The monoisotopic (exact) mass is 204 g/mol. The van der Waals surface area contributed by atoms with E-state index in [9.17, 15) is 4.79 Å². The van der Waals surface area contributed by atoms with Crippen LogP contribution in [0.1, 0.15) is 36.5 Å². The molecule has 1 unspecified atom stereocenters. The summed E-state index contributed by atoms with van der Waals surface area (Å²) >= 11 is 0. The van der Waals surface area contributed by atoms with Gasteiger partial charge in [0.2, 0.25) is 0 Å². The summed E-state index contributed by atoms with van der Waals surface area (Å²) in [7, 11) is 0. The second-order valence-electron chi connectivity index (χ2n) is 3.86. The van der Waals surface area contributed by atoms with E-state index in [1.165, 1.54) is 0 Å². The summed E-state index contributed by atoms with van der Waals surface area (Å²) in [6.45, 7) is 2.15. The molecule has 1 aliphatic rings. The van der Waals surface area contributed by atoms with Gasteiger partial charge in [0.25, 0.3) is 5.91 Å². The largest absolute Gasteiger partial charge is 0.365 e. The third-order valence-electron chi connectivity index (χ3n) is 2.65. The number of para-hydroxylation sites is 1. The third kappa shape index (κ3) is 2.12. The molecule has 1 aliphatic heterocycles. The molecule has 0 radical (unpaired) electrons. The third-order valence-corrected chi connectivity index (χ3v) is 2.65. The molecule has 1 aromatic rings. The number of hydrogen-bond donors (Lipinski definition) is 2. The Hall–Kier alpha value is -1.51. The van der Waals surface area contributed by atoms with Gasteiger partial charge in [-0.3, -0.25) is 4.79 Å². The standard InChI is InChI=1S/C12H16N2O/c1-2-3-8-11-13-10-7-5-4-6-9(10)12(15)14-11/h4-7,11,13H,2-3,8H2,1H3,(H,14,15).